The first kappa shape index (κ1) is 8.97. The minimum Gasteiger partial charge on any atom is -0.393 e. The molecule has 1 saturated carbocycles. The topological polar surface area (TPSA) is 60.7 Å². The smallest absolute Gasteiger partial charge is 0.0851 e. The summed E-state index contributed by atoms with van der Waals surface area (Å²) in [4.78, 5) is 0. The van der Waals surface area contributed by atoms with E-state index in [2.05, 4.69) is 0 Å². The molecule has 4 atom stereocenters. The normalized spacial score (nSPS) is 42.0. The van der Waals surface area contributed by atoms with Crippen molar-refractivity contribution < 1.29 is 15.3 Å². The third-order valence-corrected chi connectivity index (χ3v) is 2.49. The number of aliphatic hydroxyl groups excluding tert-OH is 3. The van der Waals surface area contributed by atoms with Crippen LogP contribution >= 0.6 is 0 Å². The molecule has 1 rings (SSSR count). The molecule has 66 valence electrons. The molecule has 0 bridgehead atoms. The van der Waals surface area contributed by atoms with Crippen LogP contribution in [0.1, 0.15) is 26.2 Å². The highest BCUT2D eigenvalue weighted by atomic mass is 16.3. The average Bonchev–Trinajstić information content (AvgIpc) is 1.94. The molecule has 0 saturated heterocycles. The van der Waals surface area contributed by atoms with Gasteiger partial charge in [-0.05, 0) is 19.8 Å². The minimum atomic E-state index is -0.733. The van der Waals surface area contributed by atoms with Crippen LogP contribution in [0.4, 0.5) is 0 Å². The van der Waals surface area contributed by atoms with Gasteiger partial charge in [-0.1, -0.05) is 6.42 Å². The summed E-state index contributed by atoms with van der Waals surface area (Å²) in [5.74, 6) is -0.140. The summed E-state index contributed by atoms with van der Waals surface area (Å²) in [6.45, 7) is 1.66. The van der Waals surface area contributed by atoms with Gasteiger partial charge in [0.1, 0.15) is 0 Å². The van der Waals surface area contributed by atoms with Gasteiger partial charge >= 0.3 is 0 Å². The van der Waals surface area contributed by atoms with E-state index in [0.29, 0.717) is 6.42 Å². The summed E-state index contributed by atoms with van der Waals surface area (Å²) >= 11 is 0. The van der Waals surface area contributed by atoms with Crippen molar-refractivity contribution in [3.63, 3.8) is 0 Å². The monoisotopic (exact) mass is 160 g/mol. The highest BCUT2D eigenvalue weighted by molar-refractivity contribution is 4.83. The van der Waals surface area contributed by atoms with Crippen LogP contribution in [0, 0.1) is 5.92 Å². The Morgan fingerprint density at radius 2 is 1.91 bits per heavy atom. The Balaban J connectivity index is 2.51. The van der Waals surface area contributed by atoms with Gasteiger partial charge in [0.2, 0.25) is 0 Å². The molecule has 2 unspecified atom stereocenters. The zero-order valence-corrected chi connectivity index (χ0v) is 6.77. The zero-order valence-electron chi connectivity index (χ0n) is 6.77. The summed E-state index contributed by atoms with van der Waals surface area (Å²) in [5, 5.41) is 27.8. The van der Waals surface area contributed by atoms with E-state index in [1.807, 2.05) is 0 Å². The van der Waals surface area contributed by atoms with E-state index in [-0.39, 0.29) is 5.92 Å². The molecule has 1 fully saturated rings. The Morgan fingerprint density at radius 3 is 2.36 bits per heavy atom. The third-order valence-electron chi connectivity index (χ3n) is 2.49. The second-order valence-corrected chi connectivity index (χ2v) is 3.39. The predicted molar refractivity (Wildman–Crippen MR) is 41.0 cm³/mol. The van der Waals surface area contributed by atoms with Gasteiger partial charge in [0, 0.05) is 5.92 Å². The zero-order chi connectivity index (χ0) is 8.43. The maximum atomic E-state index is 9.40. The number of rotatable bonds is 1. The predicted octanol–water partition coefficient (Wildman–Crippen LogP) is -0.111. The first-order valence-corrected chi connectivity index (χ1v) is 4.17. The van der Waals surface area contributed by atoms with Gasteiger partial charge in [0.05, 0.1) is 18.3 Å². The largest absolute Gasteiger partial charge is 0.393 e. The standard InChI is InChI=1S/C8H16O3/c1-5(9)6-3-2-4-7(10)8(6)11/h5-11H,2-4H2,1H3/t5-,6?,7+,8?/m0/s1. The molecule has 0 spiro atoms. The average molecular weight is 160 g/mol. The molecule has 0 amide bonds. The Bertz CT molecular complexity index is 125. The molecule has 0 aromatic rings. The van der Waals surface area contributed by atoms with E-state index < -0.39 is 18.3 Å². The maximum Gasteiger partial charge on any atom is 0.0851 e. The van der Waals surface area contributed by atoms with Gasteiger partial charge < -0.3 is 15.3 Å². The molecule has 11 heavy (non-hydrogen) atoms. The molecule has 1 aliphatic carbocycles. The lowest BCUT2D eigenvalue weighted by Crippen LogP contribution is -2.42. The Kier molecular flexibility index (Phi) is 2.87. The van der Waals surface area contributed by atoms with E-state index in [1.165, 1.54) is 0 Å². The van der Waals surface area contributed by atoms with Crippen LogP contribution in [0.3, 0.4) is 0 Å². The van der Waals surface area contributed by atoms with Crippen molar-refractivity contribution in [3.05, 3.63) is 0 Å². The van der Waals surface area contributed by atoms with Gasteiger partial charge in [-0.3, -0.25) is 0 Å². The van der Waals surface area contributed by atoms with E-state index in [0.717, 1.165) is 12.8 Å². The Morgan fingerprint density at radius 1 is 1.27 bits per heavy atom. The molecule has 0 radical (unpaired) electrons. The molecule has 3 heteroatoms. The maximum absolute atomic E-state index is 9.40. The Labute approximate surface area is 66.7 Å². The summed E-state index contributed by atoms with van der Waals surface area (Å²) in [5.41, 5.74) is 0. The summed E-state index contributed by atoms with van der Waals surface area (Å²) in [6, 6.07) is 0. The number of hydrogen-bond acceptors (Lipinski definition) is 3. The fourth-order valence-corrected chi connectivity index (χ4v) is 1.72. The van der Waals surface area contributed by atoms with Crippen LogP contribution in [0.15, 0.2) is 0 Å². The van der Waals surface area contributed by atoms with Crippen LogP contribution in [-0.4, -0.2) is 33.6 Å². The first-order valence-electron chi connectivity index (χ1n) is 4.17. The fourth-order valence-electron chi connectivity index (χ4n) is 1.72. The van der Waals surface area contributed by atoms with E-state index in [9.17, 15) is 15.3 Å². The van der Waals surface area contributed by atoms with E-state index in [4.69, 9.17) is 0 Å². The van der Waals surface area contributed by atoms with Gasteiger partial charge in [0.25, 0.3) is 0 Å². The van der Waals surface area contributed by atoms with Crippen LogP contribution in [-0.2, 0) is 0 Å². The minimum absolute atomic E-state index is 0.140. The van der Waals surface area contributed by atoms with Crippen LogP contribution in [0.5, 0.6) is 0 Å². The van der Waals surface area contributed by atoms with Crippen molar-refractivity contribution in [2.45, 2.75) is 44.5 Å². The molecule has 0 aliphatic heterocycles. The van der Waals surface area contributed by atoms with E-state index >= 15 is 0 Å². The number of aliphatic hydroxyl groups is 3. The SMILES string of the molecule is C[C@H](O)C1CCC[C@@H](O)C1O. The number of hydrogen-bond donors (Lipinski definition) is 3. The van der Waals surface area contributed by atoms with Crippen molar-refractivity contribution in [2.24, 2.45) is 5.92 Å². The quantitative estimate of drug-likeness (QED) is 0.501. The van der Waals surface area contributed by atoms with Crippen molar-refractivity contribution >= 4 is 0 Å². The van der Waals surface area contributed by atoms with Crippen LogP contribution < -0.4 is 0 Å². The van der Waals surface area contributed by atoms with Gasteiger partial charge in [-0.2, -0.15) is 0 Å². The van der Waals surface area contributed by atoms with Crippen molar-refractivity contribution in [1.82, 2.24) is 0 Å². The van der Waals surface area contributed by atoms with Gasteiger partial charge in [-0.15, -0.1) is 0 Å². The van der Waals surface area contributed by atoms with Crippen molar-refractivity contribution in [1.29, 1.82) is 0 Å². The van der Waals surface area contributed by atoms with Crippen LogP contribution in [0.25, 0.3) is 0 Å². The fraction of sp³-hybridized carbons (Fsp3) is 1.00. The molecule has 0 heterocycles. The van der Waals surface area contributed by atoms with Crippen LogP contribution in [0.2, 0.25) is 0 Å². The van der Waals surface area contributed by atoms with E-state index in [1.54, 1.807) is 6.92 Å². The molecule has 0 aromatic heterocycles. The van der Waals surface area contributed by atoms with Gasteiger partial charge in [0.15, 0.2) is 0 Å². The molecule has 1 aliphatic rings. The highest BCUT2D eigenvalue weighted by Crippen LogP contribution is 2.27. The summed E-state index contributed by atoms with van der Waals surface area (Å²) in [7, 11) is 0. The highest BCUT2D eigenvalue weighted by Gasteiger charge is 2.32. The lowest BCUT2D eigenvalue weighted by atomic mass is 9.81. The molecule has 3 N–H and O–H groups in total. The molecular formula is C8H16O3. The van der Waals surface area contributed by atoms with Gasteiger partial charge in [-0.25, -0.2) is 0 Å². The van der Waals surface area contributed by atoms with Crippen molar-refractivity contribution in [2.75, 3.05) is 0 Å². The summed E-state index contributed by atoms with van der Waals surface area (Å²) in [6.07, 6.45) is 0.487. The lowest BCUT2D eigenvalue weighted by Gasteiger charge is -2.33. The molecule has 3 nitrogen and oxygen atoms in total. The molecular weight excluding hydrogens is 144 g/mol. The first-order chi connectivity index (χ1) is 5.13. The Hall–Kier alpha value is -0.120. The third kappa shape index (κ3) is 1.92. The summed E-state index contributed by atoms with van der Waals surface area (Å²) < 4.78 is 0. The van der Waals surface area contributed by atoms with Crippen molar-refractivity contribution in [3.8, 4) is 0 Å². The molecule has 0 aromatic carbocycles. The lowest BCUT2D eigenvalue weighted by molar-refractivity contribution is -0.0784. The second-order valence-electron chi connectivity index (χ2n) is 3.39. The second kappa shape index (κ2) is 3.52.